The fraction of sp³-hybridized carbons (Fsp3) is 0. The van der Waals surface area contributed by atoms with Gasteiger partial charge in [-0.3, -0.25) is 9.20 Å². The standard InChI is InChI=1S/C8H4ClIN2O/c9-8-6(4-13)11-7-3-5(10)1-2-12(7)8/h1-4H. The lowest BCUT2D eigenvalue weighted by atomic mass is 10.5. The number of carbonyl (C=O) groups is 1. The van der Waals surface area contributed by atoms with Crippen LogP contribution < -0.4 is 0 Å². The summed E-state index contributed by atoms with van der Waals surface area (Å²) in [6.45, 7) is 0. The zero-order valence-corrected chi connectivity index (χ0v) is 9.28. The Bertz CT molecular complexity index is 480. The Morgan fingerprint density at radius 2 is 2.38 bits per heavy atom. The number of hydrogen-bond acceptors (Lipinski definition) is 2. The molecule has 2 rings (SSSR count). The molecule has 0 saturated carbocycles. The molecule has 2 aromatic heterocycles. The van der Waals surface area contributed by atoms with Crippen LogP contribution in [-0.4, -0.2) is 15.7 Å². The molecule has 0 aliphatic heterocycles. The smallest absolute Gasteiger partial charge is 0.171 e. The summed E-state index contributed by atoms with van der Waals surface area (Å²) in [5, 5.41) is 0.362. The van der Waals surface area contributed by atoms with Crippen molar-refractivity contribution in [2.75, 3.05) is 0 Å². The van der Waals surface area contributed by atoms with Crippen molar-refractivity contribution >= 4 is 46.1 Å². The second-order valence-electron chi connectivity index (χ2n) is 2.48. The van der Waals surface area contributed by atoms with Crippen molar-refractivity contribution in [1.29, 1.82) is 0 Å². The summed E-state index contributed by atoms with van der Waals surface area (Å²) in [6, 6.07) is 3.76. The molecule has 0 radical (unpaired) electrons. The molecule has 2 heterocycles. The van der Waals surface area contributed by atoms with Gasteiger partial charge in [0.1, 0.15) is 16.5 Å². The van der Waals surface area contributed by atoms with Crippen LogP contribution >= 0.6 is 34.2 Å². The number of aldehydes is 1. The molecule has 2 aromatic rings. The number of pyridine rings is 1. The summed E-state index contributed by atoms with van der Waals surface area (Å²) >= 11 is 8.05. The Balaban J connectivity index is 2.83. The van der Waals surface area contributed by atoms with Gasteiger partial charge in [0.2, 0.25) is 0 Å². The number of halogens is 2. The number of aromatic nitrogens is 2. The number of nitrogens with zero attached hydrogens (tertiary/aromatic N) is 2. The van der Waals surface area contributed by atoms with E-state index < -0.39 is 0 Å². The number of imidazole rings is 1. The van der Waals surface area contributed by atoms with E-state index in [9.17, 15) is 4.79 Å². The summed E-state index contributed by atoms with van der Waals surface area (Å²) in [4.78, 5) is 14.6. The van der Waals surface area contributed by atoms with Crippen LogP contribution in [0, 0.1) is 3.57 Å². The Kier molecular flexibility index (Phi) is 2.25. The van der Waals surface area contributed by atoms with Gasteiger partial charge in [0, 0.05) is 9.77 Å². The predicted octanol–water partition coefficient (Wildman–Crippen LogP) is 2.40. The van der Waals surface area contributed by atoms with Crippen LogP contribution in [0.25, 0.3) is 5.65 Å². The summed E-state index contributed by atoms with van der Waals surface area (Å²) in [7, 11) is 0. The molecule has 0 unspecified atom stereocenters. The van der Waals surface area contributed by atoms with E-state index in [0.29, 0.717) is 17.1 Å². The first-order valence-electron chi connectivity index (χ1n) is 3.50. The molecule has 0 spiro atoms. The van der Waals surface area contributed by atoms with Crippen LogP contribution in [0.4, 0.5) is 0 Å². The van der Waals surface area contributed by atoms with Crippen LogP contribution in [0.15, 0.2) is 18.3 Å². The fourth-order valence-electron chi connectivity index (χ4n) is 1.08. The van der Waals surface area contributed by atoms with E-state index in [-0.39, 0.29) is 5.69 Å². The van der Waals surface area contributed by atoms with Gasteiger partial charge in [-0.15, -0.1) is 0 Å². The van der Waals surface area contributed by atoms with E-state index in [1.54, 1.807) is 10.6 Å². The van der Waals surface area contributed by atoms with Gasteiger partial charge >= 0.3 is 0 Å². The predicted molar refractivity (Wildman–Crippen MR) is 58.3 cm³/mol. The van der Waals surface area contributed by atoms with Crippen molar-refractivity contribution in [3.63, 3.8) is 0 Å². The van der Waals surface area contributed by atoms with E-state index in [4.69, 9.17) is 11.6 Å². The highest BCUT2D eigenvalue weighted by molar-refractivity contribution is 14.1. The molecular formula is C8H4ClIN2O. The van der Waals surface area contributed by atoms with Crippen molar-refractivity contribution in [2.24, 2.45) is 0 Å². The molecule has 0 amide bonds. The average Bonchev–Trinajstić information content (AvgIpc) is 2.42. The third-order valence-electron chi connectivity index (χ3n) is 1.67. The first kappa shape index (κ1) is 8.96. The van der Waals surface area contributed by atoms with E-state index in [2.05, 4.69) is 27.6 Å². The maximum absolute atomic E-state index is 10.5. The van der Waals surface area contributed by atoms with Crippen molar-refractivity contribution in [2.45, 2.75) is 0 Å². The zero-order valence-electron chi connectivity index (χ0n) is 6.37. The monoisotopic (exact) mass is 306 g/mol. The summed E-state index contributed by atoms with van der Waals surface area (Å²) in [5.41, 5.74) is 0.975. The molecule has 0 fully saturated rings. The third kappa shape index (κ3) is 1.44. The molecule has 66 valence electrons. The second-order valence-corrected chi connectivity index (χ2v) is 4.08. The van der Waals surface area contributed by atoms with Crippen molar-refractivity contribution in [3.8, 4) is 0 Å². The van der Waals surface area contributed by atoms with Gasteiger partial charge in [-0.1, -0.05) is 11.6 Å². The van der Waals surface area contributed by atoms with Crippen molar-refractivity contribution < 1.29 is 4.79 Å². The Morgan fingerprint density at radius 3 is 3.08 bits per heavy atom. The normalized spacial score (nSPS) is 10.6. The number of carbonyl (C=O) groups excluding carboxylic acids is 1. The van der Waals surface area contributed by atoms with Gasteiger partial charge in [-0.2, -0.15) is 0 Å². The third-order valence-corrected chi connectivity index (χ3v) is 2.71. The molecule has 0 aromatic carbocycles. The van der Waals surface area contributed by atoms with Crippen LogP contribution in [0.1, 0.15) is 10.5 Å². The van der Waals surface area contributed by atoms with Gasteiger partial charge in [-0.05, 0) is 34.7 Å². The van der Waals surface area contributed by atoms with Crippen LogP contribution in [0.2, 0.25) is 5.15 Å². The number of hydrogen-bond donors (Lipinski definition) is 0. The average molecular weight is 306 g/mol. The molecule has 0 N–H and O–H groups in total. The first-order chi connectivity index (χ1) is 6.22. The molecule has 5 heteroatoms. The topological polar surface area (TPSA) is 34.4 Å². The van der Waals surface area contributed by atoms with E-state index in [1.807, 2.05) is 12.1 Å². The first-order valence-corrected chi connectivity index (χ1v) is 4.96. The molecule has 0 atom stereocenters. The molecule has 3 nitrogen and oxygen atoms in total. The van der Waals surface area contributed by atoms with Crippen molar-refractivity contribution in [3.05, 3.63) is 32.7 Å². The molecule has 0 aliphatic rings. The van der Waals surface area contributed by atoms with E-state index in [1.165, 1.54) is 0 Å². The van der Waals surface area contributed by atoms with Crippen molar-refractivity contribution in [1.82, 2.24) is 9.38 Å². The lowest BCUT2D eigenvalue weighted by Gasteiger charge is -1.93. The molecule has 0 saturated heterocycles. The minimum Gasteiger partial charge on any atom is -0.296 e. The maximum atomic E-state index is 10.5. The number of rotatable bonds is 1. The Hall–Kier alpha value is -0.620. The van der Waals surface area contributed by atoms with Gasteiger partial charge < -0.3 is 0 Å². The number of fused-ring (bicyclic) bond motifs is 1. The minimum atomic E-state index is 0.281. The zero-order chi connectivity index (χ0) is 9.42. The second kappa shape index (κ2) is 3.26. The van der Waals surface area contributed by atoms with E-state index in [0.717, 1.165) is 3.57 Å². The molecule has 0 bridgehead atoms. The van der Waals surface area contributed by atoms with Gasteiger partial charge in [0.25, 0.3) is 0 Å². The SMILES string of the molecule is O=Cc1nc2cc(I)ccn2c1Cl. The molecule has 13 heavy (non-hydrogen) atoms. The largest absolute Gasteiger partial charge is 0.296 e. The van der Waals surface area contributed by atoms with Gasteiger partial charge in [-0.25, -0.2) is 4.98 Å². The molecular weight excluding hydrogens is 302 g/mol. The summed E-state index contributed by atoms with van der Waals surface area (Å²) in [6.07, 6.45) is 2.45. The van der Waals surface area contributed by atoms with E-state index >= 15 is 0 Å². The highest BCUT2D eigenvalue weighted by Gasteiger charge is 2.08. The quantitative estimate of drug-likeness (QED) is 0.599. The van der Waals surface area contributed by atoms with Crippen LogP contribution in [0.3, 0.4) is 0 Å². The lowest BCUT2D eigenvalue weighted by Crippen LogP contribution is -1.84. The highest BCUT2D eigenvalue weighted by atomic mass is 127. The molecule has 0 aliphatic carbocycles. The summed E-state index contributed by atoms with van der Waals surface area (Å²) < 4.78 is 2.73. The van der Waals surface area contributed by atoms with Gasteiger partial charge in [0.05, 0.1) is 0 Å². The Morgan fingerprint density at radius 1 is 1.62 bits per heavy atom. The van der Waals surface area contributed by atoms with Crippen LogP contribution in [0.5, 0.6) is 0 Å². The Labute approximate surface area is 92.9 Å². The van der Waals surface area contributed by atoms with Crippen LogP contribution in [-0.2, 0) is 0 Å². The van der Waals surface area contributed by atoms with Gasteiger partial charge in [0.15, 0.2) is 6.29 Å². The minimum absolute atomic E-state index is 0.281. The fourth-order valence-corrected chi connectivity index (χ4v) is 1.75. The highest BCUT2D eigenvalue weighted by Crippen LogP contribution is 2.18. The maximum Gasteiger partial charge on any atom is 0.171 e. The summed E-state index contributed by atoms with van der Waals surface area (Å²) in [5.74, 6) is 0. The lowest BCUT2D eigenvalue weighted by molar-refractivity contribution is 0.111.